The summed E-state index contributed by atoms with van der Waals surface area (Å²) < 4.78 is 51.5. The molecule has 1 spiro atoms. The molecule has 1 amide bonds. The number of likely N-dealkylation sites (tertiary alicyclic amines) is 1. The molecule has 6 rings (SSSR count). The third-order valence-corrected chi connectivity index (χ3v) is 9.89. The molecule has 45 heavy (non-hydrogen) atoms. The number of amides is 1. The van der Waals surface area contributed by atoms with E-state index in [-0.39, 0.29) is 12.0 Å². The van der Waals surface area contributed by atoms with Gasteiger partial charge in [0.1, 0.15) is 6.10 Å². The van der Waals surface area contributed by atoms with Gasteiger partial charge in [0.25, 0.3) is 5.91 Å². The van der Waals surface area contributed by atoms with Crippen molar-refractivity contribution in [3.05, 3.63) is 71.3 Å². The van der Waals surface area contributed by atoms with E-state index < -0.39 is 46.8 Å². The summed E-state index contributed by atoms with van der Waals surface area (Å²) in [6.45, 7) is 10.9. The Kier molecular flexibility index (Phi) is 7.77. The normalized spacial score (nSPS) is 28.0. The molecule has 2 fully saturated rings. The van der Waals surface area contributed by atoms with Crippen molar-refractivity contribution in [3.63, 3.8) is 0 Å². The van der Waals surface area contributed by atoms with E-state index in [1.807, 2.05) is 26.0 Å². The van der Waals surface area contributed by atoms with Gasteiger partial charge in [-0.3, -0.25) is 14.5 Å². The third kappa shape index (κ3) is 5.01. The summed E-state index contributed by atoms with van der Waals surface area (Å²) in [5, 5.41) is 12.8. The van der Waals surface area contributed by atoms with Gasteiger partial charge in [-0.1, -0.05) is 31.9 Å². The zero-order chi connectivity index (χ0) is 32.3. The van der Waals surface area contributed by atoms with Crippen molar-refractivity contribution >= 4 is 11.9 Å². The van der Waals surface area contributed by atoms with Gasteiger partial charge in [0.15, 0.2) is 11.5 Å². The first kappa shape index (κ1) is 31.2. The van der Waals surface area contributed by atoms with Crippen LogP contribution >= 0.6 is 0 Å². The van der Waals surface area contributed by atoms with Gasteiger partial charge in [-0.25, -0.2) is 0 Å². The zero-order valence-corrected chi connectivity index (χ0v) is 25.6. The van der Waals surface area contributed by atoms with Crippen molar-refractivity contribution in [2.24, 2.45) is 5.92 Å². The van der Waals surface area contributed by atoms with Crippen LogP contribution in [0.25, 0.3) is 0 Å². The molecule has 5 atom stereocenters. The Morgan fingerprint density at radius 3 is 2.60 bits per heavy atom. The van der Waals surface area contributed by atoms with Gasteiger partial charge in [0, 0.05) is 43.1 Å². The smallest absolute Gasteiger partial charge is 0.416 e. The number of aliphatic hydroxyl groups is 1. The van der Waals surface area contributed by atoms with Crippen molar-refractivity contribution in [2.45, 2.75) is 81.8 Å². The Labute approximate surface area is 261 Å². The Hall–Kier alpha value is -3.81. The summed E-state index contributed by atoms with van der Waals surface area (Å²) >= 11 is 0. The molecule has 2 aromatic rings. The van der Waals surface area contributed by atoms with Crippen LogP contribution in [0.2, 0.25) is 0 Å². The number of piperidine rings is 1. The fourth-order valence-electron chi connectivity index (χ4n) is 8.24. The van der Waals surface area contributed by atoms with Crippen LogP contribution in [0.3, 0.4) is 0 Å². The number of benzene rings is 2. The summed E-state index contributed by atoms with van der Waals surface area (Å²) in [4.78, 5) is 29.9. The van der Waals surface area contributed by atoms with E-state index in [4.69, 9.17) is 9.47 Å². The topological polar surface area (TPSA) is 79.3 Å². The molecule has 2 aromatic carbocycles. The maximum absolute atomic E-state index is 13.9. The van der Waals surface area contributed by atoms with Crippen molar-refractivity contribution in [2.75, 3.05) is 19.6 Å². The first-order chi connectivity index (χ1) is 21.3. The Bertz CT molecular complexity index is 1590. The van der Waals surface area contributed by atoms with Crippen LogP contribution in [0, 0.1) is 17.8 Å². The molecule has 1 N–H and O–H groups in total. The largest absolute Gasteiger partial charge is 0.483 e. The molecule has 0 aromatic heterocycles. The second kappa shape index (κ2) is 11.2. The van der Waals surface area contributed by atoms with Gasteiger partial charge in [0.05, 0.1) is 22.6 Å². The van der Waals surface area contributed by atoms with Gasteiger partial charge in [-0.15, -0.1) is 6.58 Å². The fourth-order valence-corrected chi connectivity index (χ4v) is 8.24. The van der Waals surface area contributed by atoms with E-state index in [0.717, 1.165) is 23.3 Å². The molecule has 2 aliphatic heterocycles. The number of ether oxygens (including phenoxy) is 2. The first-order valence-electron chi connectivity index (χ1n) is 15.4. The quantitative estimate of drug-likeness (QED) is 0.214. The molecule has 1 saturated carbocycles. The Balaban J connectivity index is 1.41. The molecule has 10 heteroatoms. The van der Waals surface area contributed by atoms with Crippen LogP contribution in [0.4, 0.5) is 13.2 Å². The number of hydrogen-bond acceptors (Lipinski definition) is 6. The summed E-state index contributed by atoms with van der Waals surface area (Å²) in [5.41, 5.74) is -0.626. The molecule has 4 aliphatic rings. The molecule has 2 aliphatic carbocycles. The predicted molar refractivity (Wildman–Crippen MR) is 161 cm³/mol. The lowest BCUT2D eigenvalue weighted by Crippen LogP contribution is -2.78. The molecule has 2 bridgehead atoms. The molecule has 0 unspecified atom stereocenters. The van der Waals surface area contributed by atoms with Crippen molar-refractivity contribution in [1.82, 2.24) is 9.80 Å². The van der Waals surface area contributed by atoms with E-state index in [1.165, 1.54) is 19.1 Å². The van der Waals surface area contributed by atoms with Crippen LogP contribution in [0.15, 0.2) is 49.1 Å². The molecular formula is C35H37F3N2O5. The minimum absolute atomic E-state index is 0.0737. The van der Waals surface area contributed by atoms with Gasteiger partial charge in [-0.2, -0.15) is 13.2 Å². The molecular weight excluding hydrogens is 585 g/mol. The fraction of sp³-hybridized carbons (Fsp3) is 0.486. The maximum atomic E-state index is 13.9. The van der Waals surface area contributed by atoms with Crippen LogP contribution < -0.4 is 9.47 Å². The van der Waals surface area contributed by atoms with Crippen molar-refractivity contribution in [3.8, 4) is 23.3 Å². The van der Waals surface area contributed by atoms with Gasteiger partial charge >= 0.3 is 12.1 Å². The van der Waals surface area contributed by atoms with Crippen LogP contribution in [0.5, 0.6) is 11.5 Å². The average Bonchev–Trinajstić information content (AvgIpc) is 3.32. The number of carbonyl (C=O) groups is 2. The minimum Gasteiger partial charge on any atom is -0.483 e. The number of rotatable bonds is 6. The maximum Gasteiger partial charge on any atom is 0.416 e. The second-order valence-corrected chi connectivity index (χ2v) is 13.0. The number of halogens is 3. The molecule has 2 heterocycles. The minimum atomic E-state index is -4.47. The summed E-state index contributed by atoms with van der Waals surface area (Å²) in [6.07, 6.45) is -1.21. The molecule has 238 valence electrons. The highest BCUT2D eigenvalue weighted by molar-refractivity contribution is 5.94. The second-order valence-electron chi connectivity index (χ2n) is 13.0. The monoisotopic (exact) mass is 622 g/mol. The zero-order valence-electron chi connectivity index (χ0n) is 25.6. The lowest BCUT2D eigenvalue weighted by Gasteiger charge is -2.64. The van der Waals surface area contributed by atoms with Crippen LogP contribution in [-0.4, -0.2) is 70.2 Å². The average molecular weight is 623 g/mol. The number of esters is 1. The van der Waals surface area contributed by atoms with E-state index in [0.29, 0.717) is 62.4 Å². The van der Waals surface area contributed by atoms with Gasteiger partial charge in [-0.05, 0) is 74.0 Å². The number of nitrogens with zero attached hydrogens (tertiary/aromatic N) is 2. The van der Waals surface area contributed by atoms with E-state index in [1.54, 1.807) is 11.0 Å². The third-order valence-electron chi connectivity index (χ3n) is 9.89. The SMILES string of the molecule is C=CCN1CC[C@]23c4c5ccc(OC(C)=O)c4O[C@H]2[C@@H](N(CC(C)C)C(=O)C#Cc2ccc(C(F)(F)F)cc2)CC[C@@]3(O)[C@H]1C5. The standard InChI is InChI=1S/C35H37F3N2O5/c1-5-17-39-18-16-33-30-24-9-12-27(44-22(4)41)31(30)45-32(33)26(14-15-34(33,43)28(39)19-24)40(20-21(2)3)29(42)13-8-23-6-10-25(11-7-23)35(36,37)38/h5-7,9-12,21,26,28,32,43H,1,14-20H2,2-4H3/t26-,28+,32-,33-,34+/m0/s1. The highest BCUT2D eigenvalue weighted by atomic mass is 19.4. The Morgan fingerprint density at radius 2 is 1.96 bits per heavy atom. The predicted octanol–water partition coefficient (Wildman–Crippen LogP) is 4.88. The lowest BCUT2D eigenvalue weighted by molar-refractivity contribution is -0.199. The highest BCUT2D eigenvalue weighted by Crippen LogP contribution is 2.66. The van der Waals surface area contributed by atoms with Gasteiger partial charge < -0.3 is 19.5 Å². The van der Waals surface area contributed by atoms with Crippen molar-refractivity contribution < 1.29 is 37.3 Å². The molecule has 0 radical (unpaired) electrons. The van der Waals surface area contributed by atoms with Crippen LogP contribution in [-0.2, 0) is 27.6 Å². The molecule has 1 saturated heterocycles. The van der Waals surface area contributed by atoms with E-state index in [9.17, 15) is 27.9 Å². The summed E-state index contributed by atoms with van der Waals surface area (Å²) in [7, 11) is 0. The highest BCUT2D eigenvalue weighted by Gasteiger charge is 2.73. The van der Waals surface area contributed by atoms with Gasteiger partial charge in [0.2, 0.25) is 0 Å². The summed E-state index contributed by atoms with van der Waals surface area (Å²) in [5.74, 6) is 5.28. The van der Waals surface area contributed by atoms with Crippen molar-refractivity contribution in [1.29, 1.82) is 0 Å². The first-order valence-corrected chi connectivity index (χ1v) is 15.4. The number of hydrogen-bond donors (Lipinski definition) is 1. The summed E-state index contributed by atoms with van der Waals surface area (Å²) in [6, 6.07) is 7.43. The van der Waals surface area contributed by atoms with E-state index in [2.05, 4.69) is 23.3 Å². The lowest BCUT2D eigenvalue weighted by atomic mass is 9.48. The molecule has 7 nitrogen and oxygen atoms in total. The number of carbonyl (C=O) groups excluding carboxylic acids is 2. The number of alkyl halides is 3. The van der Waals surface area contributed by atoms with E-state index >= 15 is 0 Å². The van der Waals surface area contributed by atoms with Crippen LogP contribution in [0.1, 0.15) is 62.3 Å². The Morgan fingerprint density at radius 1 is 1.22 bits per heavy atom.